The molecule has 3 nitrogen and oxygen atoms in total. The van der Waals surface area contributed by atoms with E-state index in [4.69, 9.17) is 0 Å². The Morgan fingerprint density at radius 3 is 2.68 bits per heavy atom. The van der Waals surface area contributed by atoms with Crippen LogP contribution in [0.5, 0.6) is 0 Å². The molecule has 114 valence electrons. The second-order valence-electron chi connectivity index (χ2n) is 5.32. The normalized spacial score (nSPS) is 17.0. The van der Waals surface area contributed by atoms with Gasteiger partial charge >= 0.3 is 6.18 Å². The van der Waals surface area contributed by atoms with Gasteiger partial charge < -0.3 is 0 Å². The molecule has 0 aliphatic heterocycles. The van der Waals surface area contributed by atoms with Gasteiger partial charge in [0, 0.05) is 5.92 Å². The molecule has 0 spiro atoms. The first kappa shape index (κ1) is 15.0. The molecule has 0 radical (unpaired) electrons. The van der Waals surface area contributed by atoms with Crippen molar-refractivity contribution in [2.45, 2.75) is 31.4 Å². The lowest BCUT2D eigenvalue weighted by Crippen LogP contribution is -2.26. The van der Waals surface area contributed by atoms with E-state index in [9.17, 15) is 23.2 Å². The summed E-state index contributed by atoms with van der Waals surface area (Å²) in [6.45, 7) is 0. The molecular formula is C15H11F3N2OS. The number of nitriles is 1. The third kappa shape index (κ3) is 2.59. The molecule has 3 rings (SSSR count). The Kier molecular flexibility index (Phi) is 3.65. The van der Waals surface area contributed by atoms with Crippen LogP contribution in [0, 0.1) is 17.2 Å². The molecule has 1 unspecified atom stereocenters. The van der Waals surface area contributed by atoms with Gasteiger partial charge in [0.25, 0.3) is 0 Å². The topological polar surface area (TPSA) is 53.8 Å². The second kappa shape index (κ2) is 5.36. The fourth-order valence-corrected chi connectivity index (χ4v) is 3.42. The van der Waals surface area contributed by atoms with E-state index in [1.54, 1.807) is 0 Å². The SMILES string of the molecule is N#CC(C(=O)C1CCC1)c1nc2cc(C(F)(F)F)ccc2s1. The highest BCUT2D eigenvalue weighted by Gasteiger charge is 2.34. The monoisotopic (exact) mass is 324 g/mol. The van der Waals surface area contributed by atoms with Gasteiger partial charge in [-0.1, -0.05) is 6.42 Å². The fraction of sp³-hybridized carbons (Fsp3) is 0.400. The summed E-state index contributed by atoms with van der Waals surface area (Å²) in [7, 11) is 0. The van der Waals surface area contributed by atoms with Gasteiger partial charge in [0.1, 0.15) is 5.01 Å². The highest BCUT2D eigenvalue weighted by atomic mass is 32.1. The van der Waals surface area contributed by atoms with Gasteiger partial charge in [-0.05, 0) is 31.0 Å². The molecule has 1 aliphatic carbocycles. The zero-order chi connectivity index (χ0) is 15.9. The molecule has 1 heterocycles. The van der Waals surface area contributed by atoms with Crippen molar-refractivity contribution < 1.29 is 18.0 Å². The van der Waals surface area contributed by atoms with E-state index in [1.165, 1.54) is 6.07 Å². The van der Waals surface area contributed by atoms with E-state index < -0.39 is 17.7 Å². The van der Waals surface area contributed by atoms with Crippen LogP contribution in [-0.2, 0) is 11.0 Å². The quantitative estimate of drug-likeness (QED) is 0.846. The van der Waals surface area contributed by atoms with Crippen LogP contribution in [0.25, 0.3) is 10.2 Å². The van der Waals surface area contributed by atoms with Crippen LogP contribution >= 0.6 is 11.3 Å². The molecule has 0 saturated heterocycles. The number of hydrogen-bond donors (Lipinski definition) is 0. The second-order valence-corrected chi connectivity index (χ2v) is 6.39. The fourth-order valence-electron chi connectivity index (χ4n) is 2.41. The third-order valence-corrected chi connectivity index (χ3v) is 5.00. The summed E-state index contributed by atoms with van der Waals surface area (Å²) < 4.78 is 38.7. The zero-order valence-corrected chi connectivity index (χ0v) is 12.2. The minimum absolute atomic E-state index is 0.109. The molecule has 2 aromatic rings. The van der Waals surface area contributed by atoms with Crippen molar-refractivity contribution in [3.05, 3.63) is 28.8 Å². The molecule has 1 fully saturated rings. The average molecular weight is 324 g/mol. The number of benzene rings is 1. The largest absolute Gasteiger partial charge is 0.416 e. The van der Waals surface area contributed by atoms with Gasteiger partial charge in [-0.15, -0.1) is 11.3 Å². The number of ketones is 1. The Balaban J connectivity index is 1.97. The van der Waals surface area contributed by atoms with E-state index in [1.807, 2.05) is 6.07 Å². The van der Waals surface area contributed by atoms with Crippen LogP contribution < -0.4 is 0 Å². The van der Waals surface area contributed by atoms with E-state index in [-0.39, 0.29) is 22.2 Å². The first-order chi connectivity index (χ1) is 10.4. The average Bonchev–Trinajstić information content (AvgIpc) is 2.78. The molecule has 22 heavy (non-hydrogen) atoms. The Bertz CT molecular complexity index is 771. The van der Waals surface area contributed by atoms with Crippen LogP contribution in [0.1, 0.15) is 35.8 Å². The van der Waals surface area contributed by atoms with Crippen molar-refractivity contribution in [3.8, 4) is 6.07 Å². The lowest BCUT2D eigenvalue weighted by atomic mass is 9.78. The molecule has 1 aromatic carbocycles. The molecular weight excluding hydrogens is 313 g/mol. The number of Topliss-reactive ketones (excluding diaryl/α,β-unsaturated/α-hetero) is 1. The summed E-state index contributed by atoms with van der Waals surface area (Å²) in [6.07, 6.45) is -1.90. The van der Waals surface area contributed by atoms with Gasteiger partial charge in [0.15, 0.2) is 11.7 Å². The van der Waals surface area contributed by atoms with Crippen molar-refractivity contribution in [2.24, 2.45) is 5.92 Å². The maximum atomic E-state index is 12.7. The predicted octanol–water partition coefficient (Wildman–Crippen LogP) is 4.29. The summed E-state index contributed by atoms with van der Waals surface area (Å²) in [5.41, 5.74) is -0.604. The predicted molar refractivity (Wildman–Crippen MR) is 75.3 cm³/mol. The summed E-state index contributed by atoms with van der Waals surface area (Å²) in [4.78, 5) is 16.3. The van der Waals surface area contributed by atoms with Gasteiger partial charge in [-0.2, -0.15) is 18.4 Å². The Morgan fingerprint density at radius 2 is 2.14 bits per heavy atom. The summed E-state index contributed by atoms with van der Waals surface area (Å²) in [5.74, 6) is -1.25. The number of fused-ring (bicyclic) bond motifs is 1. The maximum Gasteiger partial charge on any atom is 0.416 e. The zero-order valence-electron chi connectivity index (χ0n) is 11.4. The highest BCUT2D eigenvalue weighted by molar-refractivity contribution is 7.18. The number of aromatic nitrogens is 1. The number of hydrogen-bond acceptors (Lipinski definition) is 4. The van der Waals surface area contributed by atoms with E-state index in [0.29, 0.717) is 4.70 Å². The van der Waals surface area contributed by atoms with Gasteiger partial charge in [-0.25, -0.2) is 4.98 Å². The Labute approximate surface area is 128 Å². The van der Waals surface area contributed by atoms with E-state index in [0.717, 1.165) is 42.7 Å². The van der Waals surface area contributed by atoms with E-state index >= 15 is 0 Å². The number of carbonyl (C=O) groups is 1. The molecule has 0 amide bonds. The number of thiazole rings is 1. The van der Waals surface area contributed by atoms with Gasteiger partial charge in [0.05, 0.1) is 21.8 Å². The summed E-state index contributed by atoms with van der Waals surface area (Å²) >= 11 is 1.11. The number of nitrogens with zero attached hydrogens (tertiary/aromatic N) is 2. The molecule has 0 bridgehead atoms. The lowest BCUT2D eigenvalue weighted by molar-refractivity contribution is -0.137. The molecule has 1 atom stereocenters. The Morgan fingerprint density at radius 1 is 1.41 bits per heavy atom. The lowest BCUT2D eigenvalue weighted by Gasteiger charge is -2.24. The van der Waals surface area contributed by atoms with Crippen molar-refractivity contribution in [1.29, 1.82) is 5.26 Å². The van der Waals surface area contributed by atoms with Gasteiger partial charge in [0.2, 0.25) is 0 Å². The standard InChI is InChI=1S/C15H11F3N2OS/c16-15(17,18)9-4-5-12-11(6-9)20-14(22-12)10(7-19)13(21)8-2-1-3-8/h4-6,8,10H,1-3H2. The number of halogens is 3. The molecule has 0 N–H and O–H groups in total. The smallest absolute Gasteiger partial charge is 0.297 e. The molecule has 1 aromatic heterocycles. The summed E-state index contributed by atoms with van der Waals surface area (Å²) in [5, 5.41) is 9.53. The first-order valence-electron chi connectivity index (χ1n) is 6.81. The van der Waals surface area contributed by atoms with Crippen molar-refractivity contribution in [3.63, 3.8) is 0 Å². The maximum absolute atomic E-state index is 12.7. The number of rotatable bonds is 3. The van der Waals surface area contributed by atoms with Crippen LogP contribution in [0.15, 0.2) is 18.2 Å². The summed E-state index contributed by atoms with van der Waals surface area (Å²) in [6, 6.07) is 5.23. The van der Waals surface area contributed by atoms with Crippen molar-refractivity contribution in [2.75, 3.05) is 0 Å². The van der Waals surface area contributed by atoms with Gasteiger partial charge in [-0.3, -0.25) is 4.79 Å². The number of alkyl halides is 3. The third-order valence-electron chi connectivity index (χ3n) is 3.90. The van der Waals surface area contributed by atoms with Crippen LogP contribution in [0.2, 0.25) is 0 Å². The number of carbonyl (C=O) groups excluding carboxylic acids is 1. The Hall–Kier alpha value is -1.94. The van der Waals surface area contributed by atoms with Crippen molar-refractivity contribution in [1.82, 2.24) is 4.98 Å². The molecule has 1 aliphatic rings. The molecule has 7 heteroatoms. The van der Waals surface area contributed by atoms with Crippen LogP contribution in [0.3, 0.4) is 0 Å². The van der Waals surface area contributed by atoms with E-state index in [2.05, 4.69) is 4.98 Å². The minimum Gasteiger partial charge on any atom is -0.297 e. The van der Waals surface area contributed by atoms with Crippen LogP contribution in [0.4, 0.5) is 13.2 Å². The first-order valence-corrected chi connectivity index (χ1v) is 7.63. The van der Waals surface area contributed by atoms with Crippen LogP contribution in [-0.4, -0.2) is 10.8 Å². The minimum atomic E-state index is -4.44. The van der Waals surface area contributed by atoms with Crippen molar-refractivity contribution >= 4 is 27.3 Å². The highest BCUT2D eigenvalue weighted by Crippen LogP contribution is 2.37. The molecule has 1 saturated carbocycles.